The average Bonchev–Trinajstić information content (AvgIpc) is 3.54. The van der Waals surface area contributed by atoms with Crippen molar-refractivity contribution < 1.29 is 19.1 Å². The van der Waals surface area contributed by atoms with Crippen LogP contribution in [0.15, 0.2) is 54.6 Å². The van der Waals surface area contributed by atoms with Gasteiger partial charge in [0.05, 0.1) is 0 Å². The zero-order valence-electron chi connectivity index (χ0n) is 17.6. The Hall–Kier alpha value is -3.15. The summed E-state index contributed by atoms with van der Waals surface area (Å²) in [7, 11) is 0. The number of hydrogen-bond donors (Lipinski definition) is 2. The van der Waals surface area contributed by atoms with Crippen LogP contribution in [0.1, 0.15) is 61.2 Å². The Balaban J connectivity index is 1.58. The molecule has 1 fully saturated rings. The minimum absolute atomic E-state index is 0.00764. The smallest absolute Gasteiger partial charge is 0.326 e. The molecule has 1 saturated carbocycles. The Morgan fingerprint density at radius 1 is 1.00 bits per heavy atom. The number of benzene rings is 2. The number of amides is 2. The molecule has 2 aromatic rings. The molecule has 0 heterocycles. The molecule has 30 heavy (non-hydrogen) atoms. The van der Waals surface area contributed by atoms with Gasteiger partial charge in [-0.05, 0) is 36.0 Å². The lowest BCUT2D eigenvalue weighted by Crippen LogP contribution is -2.36. The van der Waals surface area contributed by atoms with E-state index in [2.05, 4.69) is 31.4 Å². The van der Waals surface area contributed by atoms with Crippen molar-refractivity contribution in [3.05, 3.63) is 71.3 Å². The maximum atomic E-state index is 12.5. The van der Waals surface area contributed by atoms with E-state index in [0.29, 0.717) is 11.1 Å². The van der Waals surface area contributed by atoms with Gasteiger partial charge in [0.2, 0.25) is 6.10 Å². The van der Waals surface area contributed by atoms with Gasteiger partial charge in [0, 0.05) is 17.2 Å². The van der Waals surface area contributed by atoms with E-state index in [1.807, 2.05) is 18.2 Å². The summed E-state index contributed by atoms with van der Waals surface area (Å²) < 4.78 is 5.41. The number of carbonyl (C=O) groups excluding carboxylic acids is 3. The van der Waals surface area contributed by atoms with Gasteiger partial charge in [0.1, 0.15) is 6.54 Å². The van der Waals surface area contributed by atoms with Gasteiger partial charge < -0.3 is 15.4 Å². The Morgan fingerprint density at radius 2 is 1.63 bits per heavy atom. The zero-order chi connectivity index (χ0) is 21.7. The summed E-state index contributed by atoms with van der Waals surface area (Å²) in [5.41, 5.74) is 2.16. The van der Waals surface area contributed by atoms with Gasteiger partial charge in [-0.3, -0.25) is 14.4 Å². The van der Waals surface area contributed by atoms with Gasteiger partial charge in [-0.25, -0.2) is 0 Å². The largest absolute Gasteiger partial charge is 0.446 e. The van der Waals surface area contributed by atoms with Crippen LogP contribution in [0.25, 0.3) is 0 Å². The van der Waals surface area contributed by atoms with Crippen LogP contribution >= 0.6 is 0 Å². The molecule has 0 aromatic heterocycles. The van der Waals surface area contributed by atoms with Crippen LogP contribution in [0, 0.1) is 0 Å². The summed E-state index contributed by atoms with van der Waals surface area (Å²) in [6.07, 6.45) is 0.832. The highest BCUT2D eigenvalue weighted by Gasteiger charge is 2.30. The monoisotopic (exact) mass is 408 g/mol. The Morgan fingerprint density at radius 3 is 2.20 bits per heavy atom. The lowest BCUT2D eigenvalue weighted by molar-refractivity contribution is -0.155. The molecular formula is C24H28N2O4. The molecule has 0 radical (unpaired) electrons. The molecule has 0 unspecified atom stereocenters. The minimum Gasteiger partial charge on any atom is -0.446 e. The van der Waals surface area contributed by atoms with Crippen LogP contribution in [0.5, 0.6) is 0 Å². The highest BCUT2D eigenvalue weighted by atomic mass is 16.5. The summed E-state index contributed by atoms with van der Waals surface area (Å²) in [4.78, 5) is 37.2. The van der Waals surface area contributed by atoms with E-state index >= 15 is 0 Å². The van der Waals surface area contributed by atoms with Gasteiger partial charge in [-0.15, -0.1) is 0 Å². The van der Waals surface area contributed by atoms with E-state index in [0.717, 1.165) is 18.4 Å². The molecule has 0 aliphatic heterocycles. The molecule has 1 aliphatic carbocycles. The standard InChI is InChI=1S/C24H28N2O4/c1-24(2,3)18-11-9-17(10-12-18)22(28)25-15-20(27)30-21(16-7-5-4-6-8-16)23(29)26-19-13-14-19/h4-12,19,21H,13-15H2,1-3H3,(H,25,28)(H,26,29)/t21-/m1/s1. The molecule has 2 aromatic carbocycles. The molecule has 2 N–H and O–H groups in total. The van der Waals surface area contributed by atoms with Crippen molar-refractivity contribution >= 4 is 17.8 Å². The SMILES string of the molecule is CC(C)(C)c1ccc(C(=O)NCC(=O)O[C@@H](C(=O)NC2CC2)c2ccccc2)cc1. The maximum Gasteiger partial charge on any atom is 0.326 e. The van der Waals surface area contributed by atoms with Crippen molar-refractivity contribution in [1.29, 1.82) is 0 Å². The van der Waals surface area contributed by atoms with Crippen LogP contribution in [0.3, 0.4) is 0 Å². The zero-order valence-corrected chi connectivity index (χ0v) is 17.6. The van der Waals surface area contributed by atoms with E-state index < -0.39 is 12.1 Å². The molecule has 6 heteroatoms. The van der Waals surface area contributed by atoms with Crippen molar-refractivity contribution in [3.63, 3.8) is 0 Å². The maximum absolute atomic E-state index is 12.5. The van der Waals surface area contributed by atoms with Crippen LogP contribution in [-0.2, 0) is 19.7 Å². The van der Waals surface area contributed by atoms with Crippen LogP contribution in [0.2, 0.25) is 0 Å². The van der Waals surface area contributed by atoms with Crippen molar-refractivity contribution in [1.82, 2.24) is 10.6 Å². The first-order valence-corrected chi connectivity index (χ1v) is 10.2. The average molecular weight is 408 g/mol. The minimum atomic E-state index is -1.04. The van der Waals surface area contributed by atoms with E-state index in [1.165, 1.54) is 0 Å². The van der Waals surface area contributed by atoms with E-state index in [4.69, 9.17) is 4.74 Å². The predicted molar refractivity (Wildman–Crippen MR) is 114 cm³/mol. The Kier molecular flexibility index (Phi) is 6.55. The normalized spacial score (nSPS) is 14.5. The summed E-state index contributed by atoms with van der Waals surface area (Å²) >= 11 is 0. The molecule has 1 atom stereocenters. The topological polar surface area (TPSA) is 84.5 Å². The molecule has 3 rings (SSSR count). The molecule has 0 spiro atoms. The third-order valence-electron chi connectivity index (χ3n) is 4.92. The predicted octanol–water partition coefficient (Wildman–Crippen LogP) is 3.28. The molecule has 158 valence electrons. The summed E-state index contributed by atoms with van der Waals surface area (Å²) in [6.45, 7) is 5.97. The second-order valence-electron chi connectivity index (χ2n) is 8.57. The van der Waals surface area contributed by atoms with Gasteiger partial charge in [0.15, 0.2) is 0 Å². The van der Waals surface area contributed by atoms with Crippen molar-refractivity contribution in [2.24, 2.45) is 0 Å². The third-order valence-corrected chi connectivity index (χ3v) is 4.92. The highest BCUT2D eigenvalue weighted by Crippen LogP contribution is 2.24. The van der Waals surface area contributed by atoms with E-state index in [9.17, 15) is 14.4 Å². The first kappa shape index (κ1) is 21.6. The first-order valence-electron chi connectivity index (χ1n) is 10.2. The summed E-state index contributed by atoms with van der Waals surface area (Å²) in [6, 6.07) is 16.3. The van der Waals surface area contributed by atoms with Crippen molar-refractivity contribution in [2.75, 3.05) is 6.54 Å². The third kappa shape index (κ3) is 5.92. The van der Waals surface area contributed by atoms with Gasteiger partial charge in [-0.2, -0.15) is 0 Å². The van der Waals surface area contributed by atoms with Crippen LogP contribution in [0.4, 0.5) is 0 Å². The number of nitrogens with one attached hydrogen (secondary N) is 2. The van der Waals surface area contributed by atoms with Gasteiger partial charge in [-0.1, -0.05) is 63.2 Å². The summed E-state index contributed by atoms with van der Waals surface area (Å²) in [5, 5.41) is 5.42. The Bertz CT molecular complexity index is 897. The van der Waals surface area contributed by atoms with Gasteiger partial charge in [0.25, 0.3) is 11.8 Å². The number of hydrogen-bond acceptors (Lipinski definition) is 4. The molecule has 0 bridgehead atoms. The molecule has 1 aliphatic rings. The fourth-order valence-electron chi connectivity index (χ4n) is 2.95. The van der Waals surface area contributed by atoms with Gasteiger partial charge >= 0.3 is 5.97 Å². The van der Waals surface area contributed by atoms with E-state index in [-0.39, 0.29) is 29.8 Å². The number of rotatable bonds is 7. The second-order valence-corrected chi connectivity index (χ2v) is 8.57. The lowest BCUT2D eigenvalue weighted by Gasteiger charge is -2.19. The van der Waals surface area contributed by atoms with Crippen molar-refractivity contribution in [2.45, 2.75) is 51.2 Å². The molecule has 6 nitrogen and oxygen atoms in total. The first-order chi connectivity index (χ1) is 14.2. The number of ether oxygens (including phenoxy) is 1. The highest BCUT2D eigenvalue weighted by molar-refractivity contribution is 5.96. The van der Waals surface area contributed by atoms with E-state index in [1.54, 1.807) is 36.4 Å². The molecule has 0 saturated heterocycles. The van der Waals surface area contributed by atoms with Crippen LogP contribution < -0.4 is 10.6 Å². The van der Waals surface area contributed by atoms with Crippen molar-refractivity contribution in [3.8, 4) is 0 Å². The number of esters is 1. The summed E-state index contributed by atoms with van der Waals surface area (Å²) in [5.74, 6) is -1.39. The Labute approximate surface area is 177 Å². The second kappa shape index (κ2) is 9.11. The number of carbonyl (C=O) groups is 3. The fourth-order valence-corrected chi connectivity index (χ4v) is 2.95. The molecule has 2 amide bonds. The quantitative estimate of drug-likeness (QED) is 0.689. The fraction of sp³-hybridized carbons (Fsp3) is 0.375. The molecular weight excluding hydrogens is 380 g/mol. The van der Waals surface area contributed by atoms with Crippen LogP contribution in [-0.4, -0.2) is 30.4 Å². The lowest BCUT2D eigenvalue weighted by atomic mass is 9.87.